The van der Waals surface area contributed by atoms with Crippen LogP contribution in [0.4, 0.5) is 4.39 Å². The molecule has 1 aromatic rings. The molecule has 1 rings (SSSR count). The molecule has 1 atom stereocenters. The molecule has 0 bridgehead atoms. The fourth-order valence-corrected chi connectivity index (χ4v) is 1.24. The first-order valence-electron chi connectivity index (χ1n) is 4.04. The van der Waals surface area contributed by atoms with E-state index in [0.717, 1.165) is 5.56 Å². The summed E-state index contributed by atoms with van der Waals surface area (Å²) in [6.45, 7) is 5.41. The Kier molecular flexibility index (Phi) is 2.48. The molecule has 0 aliphatic carbocycles. The summed E-state index contributed by atoms with van der Waals surface area (Å²) in [6, 6.07) is 3.57. The number of benzene rings is 1. The first kappa shape index (κ1) is 9.20. The van der Waals surface area contributed by atoms with Crippen LogP contribution in [-0.2, 0) is 0 Å². The second-order valence-corrected chi connectivity index (χ2v) is 3.26. The number of halogens is 1. The highest BCUT2D eigenvalue weighted by molar-refractivity contribution is 5.31. The molecule has 0 aliphatic rings. The van der Waals surface area contributed by atoms with E-state index in [1.54, 1.807) is 26.0 Å². The van der Waals surface area contributed by atoms with Crippen LogP contribution in [-0.4, -0.2) is 0 Å². The van der Waals surface area contributed by atoms with E-state index in [1.165, 1.54) is 0 Å². The average molecular weight is 167 g/mol. The largest absolute Gasteiger partial charge is 0.324 e. The van der Waals surface area contributed by atoms with Gasteiger partial charge in [-0.25, -0.2) is 4.39 Å². The van der Waals surface area contributed by atoms with E-state index in [2.05, 4.69) is 0 Å². The lowest BCUT2D eigenvalue weighted by atomic mass is 10.0. The summed E-state index contributed by atoms with van der Waals surface area (Å²) in [5.41, 5.74) is 8.01. The van der Waals surface area contributed by atoms with Gasteiger partial charge in [0.2, 0.25) is 0 Å². The lowest BCUT2D eigenvalue weighted by Crippen LogP contribution is -2.06. The monoisotopic (exact) mass is 167 g/mol. The Morgan fingerprint density at radius 1 is 1.25 bits per heavy atom. The van der Waals surface area contributed by atoms with Gasteiger partial charge in [-0.3, -0.25) is 0 Å². The lowest BCUT2D eigenvalue weighted by Gasteiger charge is -2.09. The van der Waals surface area contributed by atoms with Crippen molar-refractivity contribution in [1.82, 2.24) is 0 Å². The van der Waals surface area contributed by atoms with Gasteiger partial charge < -0.3 is 5.73 Å². The SMILES string of the molecule is Cc1cc([C@H](C)N)cc(C)c1F. The molecule has 0 saturated carbocycles. The van der Waals surface area contributed by atoms with E-state index >= 15 is 0 Å². The van der Waals surface area contributed by atoms with Gasteiger partial charge in [0.05, 0.1) is 0 Å². The minimum Gasteiger partial charge on any atom is -0.324 e. The van der Waals surface area contributed by atoms with Crippen molar-refractivity contribution >= 4 is 0 Å². The second kappa shape index (κ2) is 3.23. The van der Waals surface area contributed by atoms with Crippen LogP contribution in [0.15, 0.2) is 12.1 Å². The van der Waals surface area contributed by atoms with Gasteiger partial charge in [0.15, 0.2) is 0 Å². The molecule has 2 heteroatoms. The summed E-state index contributed by atoms with van der Waals surface area (Å²) in [5.74, 6) is -0.126. The zero-order valence-corrected chi connectivity index (χ0v) is 7.69. The van der Waals surface area contributed by atoms with Crippen molar-refractivity contribution in [3.63, 3.8) is 0 Å². The minimum atomic E-state index is -0.126. The van der Waals surface area contributed by atoms with Crippen LogP contribution in [0.5, 0.6) is 0 Å². The highest BCUT2D eigenvalue weighted by Gasteiger charge is 2.06. The summed E-state index contributed by atoms with van der Waals surface area (Å²) in [4.78, 5) is 0. The fraction of sp³-hybridized carbons (Fsp3) is 0.400. The lowest BCUT2D eigenvalue weighted by molar-refractivity contribution is 0.607. The fourth-order valence-electron chi connectivity index (χ4n) is 1.24. The molecule has 12 heavy (non-hydrogen) atoms. The van der Waals surface area contributed by atoms with E-state index in [0.29, 0.717) is 11.1 Å². The summed E-state index contributed by atoms with van der Waals surface area (Å²) in [6.07, 6.45) is 0. The van der Waals surface area contributed by atoms with Gasteiger partial charge in [-0.15, -0.1) is 0 Å². The molecule has 0 saturated heterocycles. The normalized spacial score (nSPS) is 13.1. The van der Waals surface area contributed by atoms with Crippen molar-refractivity contribution < 1.29 is 4.39 Å². The molecule has 0 spiro atoms. The van der Waals surface area contributed by atoms with Gasteiger partial charge in [0.1, 0.15) is 5.82 Å². The van der Waals surface area contributed by atoms with Crippen LogP contribution in [0.1, 0.15) is 29.7 Å². The molecule has 0 fully saturated rings. The first-order chi connectivity index (χ1) is 5.52. The molecule has 66 valence electrons. The van der Waals surface area contributed by atoms with E-state index in [9.17, 15) is 4.39 Å². The number of aryl methyl sites for hydroxylation is 2. The number of hydrogen-bond acceptors (Lipinski definition) is 1. The van der Waals surface area contributed by atoms with Gasteiger partial charge in [-0.05, 0) is 37.5 Å². The Labute approximate surface area is 72.4 Å². The van der Waals surface area contributed by atoms with Gasteiger partial charge >= 0.3 is 0 Å². The molecule has 1 aromatic carbocycles. The average Bonchev–Trinajstić information content (AvgIpc) is 1.99. The zero-order chi connectivity index (χ0) is 9.30. The van der Waals surface area contributed by atoms with Crippen LogP contribution in [0, 0.1) is 19.7 Å². The van der Waals surface area contributed by atoms with Gasteiger partial charge in [-0.1, -0.05) is 12.1 Å². The summed E-state index contributed by atoms with van der Waals surface area (Å²) in [5, 5.41) is 0. The topological polar surface area (TPSA) is 26.0 Å². The smallest absolute Gasteiger partial charge is 0.129 e. The third-order valence-electron chi connectivity index (χ3n) is 1.98. The van der Waals surface area contributed by atoms with Gasteiger partial charge in [0.25, 0.3) is 0 Å². The second-order valence-electron chi connectivity index (χ2n) is 3.26. The number of nitrogens with two attached hydrogens (primary N) is 1. The van der Waals surface area contributed by atoms with Gasteiger partial charge in [-0.2, -0.15) is 0 Å². The minimum absolute atomic E-state index is 0.0250. The highest BCUT2D eigenvalue weighted by atomic mass is 19.1. The van der Waals surface area contributed by atoms with Crippen molar-refractivity contribution in [1.29, 1.82) is 0 Å². The Morgan fingerprint density at radius 3 is 2.00 bits per heavy atom. The molecule has 0 amide bonds. The molecule has 2 N–H and O–H groups in total. The van der Waals surface area contributed by atoms with Crippen molar-refractivity contribution in [2.75, 3.05) is 0 Å². The predicted octanol–water partition coefficient (Wildman–Crippen LogP) is 2.46. The van der Waals surface area contributed by atoms with Crippen LogP contribution in [0.3, 0.4) is 0 Å². The predicted molar refractivity (Wildman–Crippen MR) is 48.5 cm³/mol. The van der Waals surface area contributed by atoms with E-state index in [4.69, 9.17) is 5.73 Å². The van der Waals surface area contributed by atoms with Crippen molar-refractivity contribution in [2.45, 2.75) is 26.8 Å². The van der Waals surface area contributed by atoms with Crippen LogP contribution in [0.25, 0.3) is 0 Å². The molecular weight excluding hydrogens is 153 g/mol. The maximum Gasteiger partial charge on any atom is 0.129 e. The Balaban J connectivity index is 3.21. The Morgan fingerprint density at radius 2 is 1.67 bits per heavy atom. The Bertz CT molecular complexity index is 269. The number of rotatable bonds is 1. The van der Waals surface area contributed by atoms with Crippen LogP contribution < -0.4 is 5.73 Å². The molecule has 0 aliphatic heterocycles. The molecular formula is C10H14FN. The molecule has 0 aromatic heterocycles. The van der Waals surface area contributed by atoms with E-state index in [1.807, 2.05) is 6.92 Å². The summed E-state index contributed by atoms with van der Waals surface area (Å²) < 4.78 is 13.1. The van der Waals surface area contributed by atoms with Crippen LogP contribution in [0.2, 0.25) is 0 Å². The highest BCUT2D eigenvalue weighted by Crippen LogP contribution is 2.18. The molecule has 1 nitrogen and oxygen atoms in total. The number of hydrogen-bond donors (Lipinski definition) is 1. The molecule has 0 radical (unpaired) electrons. The maximum atomic E-state index is 13.1. The zero-order valence-electron chi connectivity index (χ0n) is 7.69. The van der Waals surface area contributed by atoms with Crippen molar-refractivity contribution in [2.24, 2.45) is 5.73 Å². The van der Waals surface area contributed by atoms with Crippen molar-refractivity contribution in [3.8, 4) is 0 Å². The van der Waals surface area contributed by atoms with E-state index < -0.39 is 0 Å². The Hall–Kier alpha value is -0.890. The summed E-state index contributed by atoms with van der Waals surface area (Å²) >= 11 is 0. The third kappa shape index (κ3) is 1.64. The van der Waals surface area contributed by atoms with Crippen molar-refractivity contribution in [3.05, 3.63) is 34.6 Å². The summed E-state index contributed by atoms with van der Waals surface area (Å²) in [7, 11) is 0. The van der Waals surface area contributed by atoms with Crippen LogP contribution >= 0.6 is 0 Å². The van der Waals surface area contributed by atoms with Gasteiger partial charge in [0, 0.05) is 6.04 Å². The standard InChI is InChI=1S/C10H14FN/c1-6-4-9(8(3)12)5-7(2)10(6)11/h4-5,8H,12H2,1-3H3/t8-/m0/s1. The quantitative estimate of drug-likeness (QED) is 0.683. The molecule has 0 heterocycles. The first-order valence-corrected chi connectivity index (χ1v) is 4.04. The third-order valence-corrected chi connectivity index (χ3v) is 1.98. The van der Waals surface area contributed by atoms with E-state index in [-0.39, 0.29) is 11.9 Å². The molecule has 0 unspecified atom stereocenters. The maximum absolute atomic E-state index is 13.1.